The van der Waals surface area contributed by atoms with Gasteiger partial charge in [-0.15, -0.1) is 0 Å². The van der Waals surface area contributed by atoms with E-state index in [9.17, 15) is 19.5 Å². The van der Waals surface area contributed by atoms with Gasteiger partial charge in [0.05, 0.1) is 19.1 Å². The molecule has 1 aliphatic rings. The number of Topliss-reactive ketones (excluding diaryl/α,β-unsaturated/α-hetero) is 1. The molecule has 4 atom stereocenters. The number of rotatable bonds is 8. The number of aliphatic carboxylic acids is 1. The average molecular weight is 474 g/mol. The van der Waals surface area contributed by atoms with Crippen LogP contribution < -0.4 is 4.74 Å². The Morgan fingerprint density at radius 3 is 1.97 bits per heavy atom. The summed E-state index contributed by atoms with van der Waals surface area (Å²) in [7, 11) is 2.93. The minimum atomic E-state index is -1.26. The van der Waals surface area contributed by atoms with E-state index in [0.29, 0.717) is 22.4 Å². The molecule has 3 aromatic carbocycles. The monoisotopic (exact) mass is 473 g/mol. The van der Waals surface area contributed by atoms with Crippen LogP contribution in [0.25, 0.3) is 0 Å². The third-order valence-electron chi connectivity index (χ3n) is 6.48. The first-order valence-corrected chi connectivity index (χ1v) is 11.3. The number of carbonyl (C=O) groups excluding carboxylic acids is 2. The van der Waals surface area contributed by atoms with Crippen LogP contribution in [0.1, 0.15) is 33.4 Å². The van der Waals surface area contributed by atoms with Crippen molar-refractivity contribution in [2.75, 3.05) is 20.8 Å². The van der Waals surface area contributed by atoms with Crippen LogP contribution in [0.5, 0.6) is 5.75 Å². The first-order valence-electron chi connectivity index (χ1n) is 11.3. The van der Waals surface area contributed by atoms with Crippen molar-refractivity contribution in [3.05, 3.63) is 102 Å². The molecule has 7 nitrogen and oxygen atoms in total. The van der Waals surface area contributed by atoms with E-state index in [2.05, 4.69) is 0 Å². The molecule has 7 heteroatoms. The molecule has 0 aromatic heterocycles. The number of amides is 1. The van der Waals surface area contributed by atoms with Gasteiger partial charge in [0, 0.05) is 18.6 Å². The van der Waals surface area contributed by atoms with E-state index in [0.717, 1.165) is 0 Å². The minimum Gasteiger partial charge on any atom is -0.497 e. The molecule has 1 saturated heterocycles. The Bertz CT molecular complexity index is 1180. The van der Waals surface area contributed by atoms with Gasteiger partial charge in [-0.1, -0.05) is 72.8 Å². The molecule has 0 radical (unpaired) electrons. The lowest BCUT2D eigenvalue weighted by molar-refractivity contribution is -0.151. The molecule has 4 unspecified atom stereocenters. The van der Waals surface area contributed by atoms with Gasteiger partial charge >= 0.3 is 5.97 Å². The minimum absolute atomic E-state index is 0.223. The molecule has 1 N–H and O–H groups in total. The zero-order valence-electron chi connectivity index (χ0n) is 19.5. The van der Waals surface area contributed by atoms with E-state index in [4.69, 9.17) is 9.47 Å². The second-order valence-corrected chi connectivity index (χ2v) is 8.43. The summed E-state index contributed by atoms with van der Waals surface area (Å²) in [5, 5.41) is 10.4. The number of ketones is 1. The summed E-state index contributed by atoms with van der Waals surface area (Å²) < 4.78 is 10.4. The van der Waals surface area contributed by atoms with Gasteiger partial charge in [-0.05, 0) is 23.3 Å². The molecular formula is C28H27NO6. The molecule has 1 amide bonds. The van der Waals surface area contributed by atoms with Crippen LogP contribution in [0, 0.1) is 5.92 Å². The van der Waals surface area contributed by atoms with Gasteiger partial charge in [-0.3, -0.25) is 9.59 Å². The SMILES string of the molecule is COCC(=O)N1C(C(=O)O)C(c2ccccc2)C(C(=O)c2ccccc2)C1c1ccc(OC)cc1. The number of carboxylic acid groups (broad SMARTS) is 1. The van der Waals surface area contributed by atoms with E-state index in [1.165, 1.54) is 12.0 Å². The smallest absolute Gasteiger partial charge is 0.327 e. The van der Waals surface area contributed by atoms with Gasteiger partial charge in [0.15, 0.2) is 5.78 Å². The Morgan fingerprint density at radius 1 is 0.829 bits per heavy atom. The molecule has 1 aliphatic heterocycles. The maximum atomic E-state index is 14.0. The lowest BCUT2D eigenvalue weighted by Crippen LogP contribution is -2.45. The van der Waals surface area contributed by atoms with E-state index in [-0.39, 0.29) is 12.4 Å². The molecule has 1 fully saturated rings. The highest BCUT2D eigenvalue weighted by molar-refractivity contribution is 6.01. The maximum absolute atomic E-state index is 14.0. The number of hydrogen-bond acceptors (Lipinski definition) is 5. The van der Waals surface area contributed by atoms with Crippen molar-refractivity contribution >= 4 is 17.7 Å². The van der Waals surface area contributed by atoms with Gasteiger partial charge < -0.3 is 19.5 Å². The number of nitrogens with zero attached hydrogens (tertiary/aromatic N) is 1. The lowest BCUT2D eigenvalue weighted by atomic mass is 9.76. The Kier molecular flexibility index (Phi) is 7.27. The number of carboxylic acids is 1. The van der Waals surface area contributed by atoms with Gasteiger partial charge in [0.25, 0.3) is 0 Å². The molecule has 1 heterocycles. The standard InChI is InChI=1S/C28H27NO6/c1-34-17-22(30)29-25(19-13-15-21(35-2)16-14-19)24(27(31)20-11-7-4-8-12-20)23(26(29)28(32)33)18-9-5-3-6-10-18/h3-16,23-26H,17H2,1-2H3,(H,32,33). The molecule has 3 aromatic rings. The van der Waals surface area contributed by atoms with Crippen LogP contribution in [0.3, 0.4) is 0 Å². The van der Waals surface area contributed by atoms with Crippen molar-refractivity contribution in [3.8, 4) is 5.75 Å². The number of carbonyl (C=O) groups is 3. The highest BCUT2D eigenvalue weighted by Crippen LogP contribution is 2.51. The zero-order chi connectivity index (χ0) is 24.9. The van der Waals surface area contributed by atoms with Gasteiger partial charge in [0.2, 0.25) is 5.91 Å². The zero-order valence-corrected chi connectivity index (χ0v) is 19.5. The number of likely N-dealkylation sites (tertiary alicyclic amines) is 1. The molecule has 180 valence electrons. The third kappa shape index (κ3) is 4.68. The first kappa shape index (κ1) is 24.2. The van der Waals surface area contributed by atoms with Crippen LogP contribution in [-0.4, -0.2) is 54.5 Å². The molecular weight excluding hydrogens is 446 g/mol. The second-order valence-electron chi connectivity index (χ2n) is 8.43. The highest BCUT2D eigenvalue weighted by Gasteiger charge is 2.57. The summed E-state index contributed by atoms with van der Waals surface area (Å²) in [5.74, 6) is -2.89. The molecule has 4 rings (SSSR count). The summed E-state index contributed by atoms with van der Waals surface area (Å²) in [4.78, 5) is 41.4. The molecule has 0 aliphatic carbocycles. The summed E-state index contributed by atoms with van der Waals surface area (Å²) in [6, 6.07) is 22.8. The number of methoxy groups -OCH3 is 2. The second kappa shape index (κ2) is 10.5. The molecule has 35 heavy (non-hydrogen) atoms. The topological polar surface area (TPSA) is 93.1 Å². The average Bonchev–Trinajstić information content (AvgIpc) is 3.26. The summed E-state index contributed by atoms with van der Waals surface area (Å²) >= 11 is 0. The predicted molar refractivity (Wildman–Crippen MR) is 129 cm³/mol. The number of benzene rings is 3. The number of ether oxygens (including phenoxy) is 2. The molecule has 0 bridgehead atoms. The van der Waals surface area contributed by atoms with Crippen LogP contribution in [0.4, 0.5) is 0 Å². The predicted octanol–water partition coefficient (Wildman–Crippen LogP) is 3.96. The fourth-order valence-electron chi connectivity index (χ4n) is 5.03. The fourth-order valence-corrected chi connectivity index (χ4v) is 5.03. The van der Waals surface area contributed by atoms with Gasteiger partial charge in [0.1, 0.15) is 18.4 Å². The molecule has 0 saturated carbocycles. The van der Waals surface area contributed by atoms with E-state index in [1.54, 1.807) is 79.9 Å². The van der Waals surface area contributed by atoms with Crippen LogP contribution >= 0.6 is 0 Å². The van der Waals surface area contributed by atoms with Crippen LogP contribution in [0.2, 0.25) is 0 Å². The van der Waals surface area contributed by atoms with Crippen LogP contribution in [0.15, 0.2) is 84.9 Å². The van der Waals surface area contributed by atoms with E-state index < -0.39 is 35.8 Å². The van der Waals surface area contributed by atoms with Gasteiger partial charge in [-0.2, -0.15) is 0 Å². The first-order chi connectivity index (χ1) is 17.0. The Labute approximate surface area is 203 Å². The summed E-state index contributed by atoms with van der Waals surface area (Å²) in [6.45, 7) is -0.301. The van der Waals surface area contributed by atoms with E-state index >= 15 is 0 Å². The highest BCUT2D eigenvalue weighted by atomic mass is 16.5. The Morgan fingerprint density at radius 2 is 1.43 bits per heavy atom. The van der Waals surface area contributed by atoms with Crippen LogP contribution in [-0.2, 0) is 14.3 Å². The fraction of sp³-hybridized carbons (Fsp3) is 0.250. The van der Waals surface area contributed by atoms with Crippen molar-refractivity contribution in [3.63, 3.8) is 0 Å². The van der Waals surface area contributed by atoms with Crippen molar-refractivity contribution in [1.82, 2.24) is 4.90 Å². The third-order valence-corrected chi connectivity index (χ3v) is 6.48. The largest absolute Gasteiger partial charge is 0.497 e. The normalized spacial score (nSPS) is 21.5. The van der Waals surface area contributed by atoms with Crippen molar-refractivity contribution in [2.24, 2.45) is 5.92 Å². The molecule has 0 spiro atoms. The number of hydrogen-bond donors (Lipinski definition) is 1. The Hall–Kier alpha value is -3.97. The van der Waals surface area contributed by atoms with Crippen molar-refractivity contribution in [2.45, 2.75) is 18.0 Å². The Balaban J connectivity index is 1.96. The summed E-state index contributed by atoms with van der Waals surface area (Å²) in [5.41, 5.74) is 1.79. The van der Waals surface area contributed by atoms with Gasteiger partial charge in [-0.25, -0.2) is 4.79 Å². The van der Waals surface area contributed by atoms with E-state index in [1.807, 2.05) is 12.1 Å². The van der Waals surface area contributed by atoms with Crippen molar-refractivity contribution < 1.29 is 29.0 Å². The van der Waals surface area contributed by atoms with Crippen molar-refractivity contribution in [1.29, 1.82) is 0 Å². The summed E-state index contributed by atoms with van der Waals surface area (Å²) in [6.07, 6.45) is 0. The quantitative estimate of drug-likeness (QED) is 0.498. The lowest BCUT2D eigenvalue weighted by Gasteiger charge is -2.30. The maximum Gasteiger partial charge on any atom is 0.327 e.